The first-order chi connectivity index (χ1) is 9.29. The van der Waals surface area contributed by atoms with E-state index in [1.54, 1.807) is 0 Å². The number of aromatic amines is 1. The van der Waals surface area contributed by atoms with E-state index in [1.807, 2.05) is 30.5 Å². The van der Waals surface area contributed by atoms with Crippen molar-refractivity contribution in [2.24, 2.45) is 5.92 Å². The molecule has 1 aliphatic carbocycles. The van der Waals surface area contributed by atoms with Crippen LogP contribution in [0.4, 0.5) is 0 Å². The molecule has 4 heteroatoms. The van der Waals surface area contributed by atoms with Crippen LogP contribution in [-0.2, 0) is 0 Å². The van der Waals surface area contributed by atoms with E-state index in [0.717, 1.165) is 30.2 Å². The zero-order chi connectivity index (χ0) is 13.2. The van der Waals surface area contributed by atoms with Crippen LogP contribution in [-0.4, -0.2) is 16.9 Å². The van der Waals surface area contributed by atoms with Crippen molar-refractivity contribution in [3.63, 3.8) is 0 Å². The number of hydrogen-bond donors (Lipinski definition) is 2. The lowest BCUT2D eigenvalue weighted by Gasteiger charge is -2.15. The van der Waals surface area contributed by atoms with Crippen LogP contribution in [0.2, 0.25) is 0 Å². The van der Waals surface area contributed by atoms with Gasteiger partial charge >= 0.3 is 0 Å². The maximum absolute atomic E-state index is 12.3. The Hall–Kier alpha value is -2.28. The quantitative estimate of drug-likeness (QED) is 0.863. The number of carbonyl (C=O) groups is 1. The fourth-order valence-corrected chi connectivity index (χ4v) is 2.81. The Morgan fingerprint density at radius 2 is 2.26 bits per heavy atom. The maximum Gasteiger partial charge on any atom is 0.253 e. The Morgan fingerprint density at radius 1 is 1.37 bits per heavy atom. The summed E-state index contributed by atoms with van der Waals surface area (Å²) in [6.07, 6.45) is 4.61. The molecule has 3 rings (SSSR count). The van der Waals surface area contributed by atoms with Crippen molar-refractivity contribution >= 4 is 16.8 Å². The predicted octanol–water partition coefficient (Wildman–Crippen LogP) is 2.59. The highest BCUT2D eigenvalue weighted by Crippen LogP contribution is 2.25. The van der Waals surface area contributed by atoms with Crippen LogP contribution in [0.3, 0.4) is 0 Å². The fourth-order valence-electron chi connectivity index (χ4n) is 2.81. The lowest BCUT2D eigenvalue weighted by molar-refractivity contribution is 0.0934. The standard InChI is InChI=1S/C15H15N3O/c16-9-11-4-2-6-13(11)18-15(19)12-5-1-3-10-7-8-17-14(10)12/h1,3,5,7-8,11,13,17H,2,4,6H2,(H,18,19). The van der Waals surface area contributed by atoms with Crippen LogP contribution in [0.5, 0.6) is 0 Å². The number of aromatic nitrogens is 1. The van der Waals surface area contributed by atoms with Gasteiger partial charge in [-0.25, -0.2) is 0 Å². The van der Waals surface area contributed by atoms with Crippen LogP contribution in [0.25, 0.3) is 10.9 Å². The molecule has 96 valence electrons. The van der Waals surface area contributed by atoms with E-state index < -0.39 is 0 Å². The van der Waals surface area contributed by atoms with Crippen LogP contribution >= 0.6 is 0 Å². The first kappa shape index (κ1) is 11.8. The smallest absolute Gasteiger partial charge is 0.253 e. The third kappa shape index (κ3) is 2.08. The van der Waals surface area contributed by atoms with Gasteiger partial charge in [0.15, 0.2) is 0 Å². The molecule has 1 aliphatic rings. The zero-order valence-electron chi connectivity index (χ0n) is 10.5. The average Bonchev–Trinajstić information content (AvgIpc) is 3.05. The lowest BCUT2D eigenvalue weighted by Crippen LogP contribution is -2.37. The van der Waals surface area contributed by atoms with E-state index in [-0.39, 0.29) is 17.9 Å². The fraction of sp³-hybridized carbons (Fsp3) is 0.333. The molecule has 1 amide bonds. The number of nitriles is 1. The van der Waals surface area contributed by atoms with Crippen molar-refractivity contribution in [3.8, 4) is 6.07 Å². The second-order valence-corrected chi connectivity index (χ2v) is 4.99. The molecule has 1 fully saturated rings. The predicted molar refractivity (Wildman–Crippen MR) is 72.5 cm³/mol. The molecule has 1 heterocycles. The van der Waals surface area contributed by atoms with Gasteiger partial charge in [-0.3, -0.25) is 4.79 Å². The summed E-state index contributed by atoms with van der Waals surface area (Å²) in [6, 6.07) is 9.87. The number of benzene rings is 1. The van der Waals surface area contributed by atoms with Gasteiger partial charge in [-0.1, -0.05) is 12.1 Å². The molecule has 0 aliphatic heterocycles. The summed E-state index contributed by atoms with van der Waals surface area (Å²) in [5, 5.41) is 13.1. The van der Waals surface area contributed by atoms with Gasteiger partial charge in [0.1, 0.15) is 0 Å². The van der Waals surface area contributed by atoms with Crippen molar-refractivity contribution in [1.29, 1.82) is 5.26 Å². The number of nitrogens with one attached hydrogen (secondary N) is 2. The highest BCUT2D eigenvalue weighted by Gasteiger charge is 2.28. The van der Waals surface area contributed by atoms with Crippen molar-refractivity contribution in [1.82, 2.24) is 10.3 Å². The van der Waals surface area contributed by atoms with Crippen molar-refractivity contribution in [3.05, 3.63) is 36.0 Å². The Kier molecular flexibility index (Phi) is 2.96. The van der Waals surface area contributed by atoms with Crippen molar-refractivity contribution in [2.45, 2.75) is 25.3 Å². The maximum atomic E-state index is 12.3. The third-order valence-corrected chi connectivity index (χ3v) is 3.83. The number of fused-ring (bicyclic) bond motifs is 1. The number of hydrogen-bond acceptors (Lipinski definition) is 2. The molecule has 1 saturated carbocycles. The van der Waals surface area contributed by atoms with Gasteiger partial charge in [-0.15, -0.1) is 0 Å². The van der Waals surface area contributed by atoms with Gasteiger partial charge in [-0.05, 0) is 31.4 Å². The first-order valence-electron chi connectivity index (χ1n) is 6.56. The minimum atomic E-state index is -0.0970. The van der Waals surface area contributed by atoms with Gasteiger partial charge in [0.2, 0.25) is 0 Å². The topological polar surface area (TPSA) is 68.7 Å². The average molecular weight is 253 g/mol. The van der Waals surface area contributed by atoms with Crippen LogP contribution in [0.1, 0.15) is 29.6 Å². The number of nitrogens with zero attached hydrogens (tertiary/aromatic N) is 1. The first-order valence-corrected chi connectivity index (χ1v) is 6.56. The van der Waals surface area contributed by atoms with E-state index >= 15 is 0 Å². The van der Waals surface area contributed by atoms with E-state index in [9.17, 15) is 4.79 Å². The summed E-state index contributed by atoms with van der Waals surface area (Å²) >= 11 is 0. The highest BCUT2D eigenvalue weighted by atomic mass is 16.1. The Bertz CT molecular complexity index is 653. The molecule has 2 unspecified atom stereocenters. The van der Waals surface area contributed by atoms with Crippen LogP contribution in [0.15, 0.2) is 30.5 Å². The van der Waals surface area contributed by atoms with E-state index in [1.165, 1.54) is 0 Å². The molecule has 4 nitrogen and oxygen atoms in total. The second-order valence-electron chi connectivity index (χ2n) is 4.99. The minimum Gasteiger partial charge on any atom is -0.361 e. The van der Waals surface area contributed by atoms with Gasteiger partial charge in [0, 0.05) is 17.6 Å². The molecule has 0 bridgehead atoms. The minimum absolute atomic E-state index is 0.0114. The molecular weight excluding hydrogens is 238 g/mol. The summed E-state index contributed by atoms with van der Waals surface area (Å²) < 4.78 is 0. The molecular formula is C15H15N3O. The van der Waals surface area contributed by atoms with E-state index in [0.29, 0.717) is 5.56 Å². The highest BCUT2D eigenvalue weighted by molar-refractivity contribution is 6.05. The Balaban J connectivity index is 1.85. The molecule has 19 heavy (non-hydrogen) atoms. The van der Waals surface area contributed by atoms with E-state index in [4.69, 9.17) is 5.26 Å². The third-order valence-electron chi connectivity index (χ3n) is 3.83. The number of amides is 1. The number of rotatable bonds is 2. The Labute approximate surface area is 111 Å². The summed E-state index contributed by atoms with van der Waals surface area (Å²) in [5.74, 6) is -0.146. The largest absolute Gasteiger partial charge is 0.361 e. The van der Waals surface area contributed by atoms with Crippen molar-refractivity contribution < 1.29 is 4.79 Å². The molecule has 2 N–H and O–H groups in total. The van der Waals surface area contributed by atoms with Gasteiger partial charge in [0.25, 0.3) is 5.91 Å². The molecule has 1 aromatic carbocycles. The molecule has 1 aromatic heterocycles. The van der Waals surface area contributed by atoms with Gasteiger partial charge in [-0.2, -0.15) is 5.26 Å². The monoisotopic (exact) mass is 253 g/mol. The Morgan fingerprint density at radius 3 is 3.11 bits per heavy atom. The summed E-state index contributed by atoms with van der Waals surface area (Å²) in [5.41, 5.74) is 1.50. The number of H-pyrrole nitrogens is 1. The number of carbonyl (C=O) groups excluding carboxylic acids is 1. The zero-order valence-corrected chi connectivity index (χ0v) is 10.5. The number of para-hydroxylation sites is 1. The second kappa shape index (κ2) is 4.77. The molecule has 2 atom stereocenters. The van der Waals surface area contributed by atoms with Gasteiger partial charge in [0.05, 0.1) is 23.1 Å². The molecule has 0 spiro atoms. The van der Waals surface area contributed by atoms with Crippen LogP contribution in [0, 0.1) is 17.2 Å². The molecule has 0 saturated heterocycles. The molecule has 0 radical (unpaired) electrons. The molecule has 2 aromatic rings. The summed E-state index contributed by atoms with van der Waals surface area (Å²) in [4.78, 5) is 15.4. The van der Waals surface area contributed by atoms with Crippen LogP contribution < -0.4 is 5.32 Å². The van der Waals surface area contributed by atoms with E-state index in [2.05, 4.69) is 16.4 Å². The summed E-state index contributed by atoms with van der Waals surface area (Å²) in [6.45, 7) is 0. The lowest BCUT2D eigenvalue weighted by atomic mass is 10.0. The van der Waals surface area contributed by atoms with Crippen molar-refractivity contribution in [2.75, 3.05) is 0 Å². The normalized spacial score (nSPS) is 22.3. The van der Waals surface area contributed by atoms with Gasteiger partial charge < -0.3 is 10.3 Å². The summed E-state index contributed by atoms with van der Waals surface area (Å²) in [7, 11) is 0. The SMILES string of the molecule is N#CC1CCCC1NC(=O)c1cccc2cc[nH]c12.